The zero-order valence-corrected chi connectivity index (χ0v) is 20.6. The first-order valence-corrected chi connectivity index (χ1v) is 12.3. The number of nitrogens with one attached hydrogen (secondary N) is 1. The number of nitrogens with zero attached hydrogens (tertiary/aromatic N) is 1. The van der Waals surface area contributed by atoms with Gasteiger partial charge in [0.15, 0.2) is 0 Å². The molecule has 0 unspecified atom stereocenters. The Morgan fingerprint density at radius 1 is 1.03 bits per heavy atom. The van der Waals surface area contributed by atoms with E-state index in [1.54, 1.807) is 0 Å². The summed E-state index contributed by atoms with van der Waals surface area (Å²) >= 11 is 10.4. The molecule has 2 aromatic carbocycles. The fraction of sp³-hybridized carbons (Fsp3) is 0.346. The predicted molar refractivity (Wildman–Crippen MR) is 132 cm³/mol. The Bertz CT molecular complexity index is 1240. The molecule has 1 heterocycles. The Kier molecular flexibility index (Phi) is 5.69. The number of aromatic nitrogens is 1. The van der Waals surface area contributed by atoms with Crippen LogP contribution >= 0.6 is 27.5 Å². The summed E-state index contributed by atoms with van der Waals surface area (Å²) in [4.78, 5) is 30.9. The highest BCUT2D eigenvalue weighted by Crippen LogP contribution is 2.53. The van der Waals surface area contributed by atoms with E-state index in [0.29, 0.717) is 27.2 Å². The van der Waals surface area contributed by atoms with E-state index in [4.69, 9.17) is 21.3 Å². The van der Waals surface area contributed by atoms with Gasteiger partial charge in [-0.2, -0.15) is 0 Å². The van der Waals surface area contributed by atoms with Crippen molar-refractivity contribution in [2.45, 2.75) is 44.1 Å². The minimum Gasteiger partial charge on any atom is -0.469 e. The van der Waals surface area contributed by atoms with Crippen molar-refractivity contribution < 1.29 is 14.3 Å². The molecule has 3 saturated carbocycles. The van der Waals surface area contributed by atoms with E-state index >= 15 is 0 Å². The average Bonchev–Trinajstić information content (AvgIpc) is 2.84. The highest BCUT2D eigenvalue weighted by molar-refractivity contribution is 9.10. The van der Waals surface area contributed by atoms with Crippen molar-refractivity contribution in [3.05, 3.63) is 63.6 Å². The van der Waals surface area contributed by atoms with Gasteiger partial charge in [0.05, 0.1) is 34.3 Å². The number of hydrogen-bond donors (Lipinski definition) is 1. The molecule has 5 nitrogen and oxygen atoms in total. The minimum absolute atomic E-state index is 0.123. The molecule has 0 radical (unpaired) electrons. The number of rotatable bonds is 4. The molecule has 0 saturated heterocycles. The Hall–Kier alpha value is -2.44. The summed E-state index contributed by atoms with van der Waals surface area (Å²) in [5, 5.41) is 4.37. The van der Waals surface area contributed by atoms with Gasteiger partial charge < -0.3 is 10.1 Å². The van der Waals surface area contributed by atoms with Crippen LogP contribution in [0.25, 0.3) is 22.2 Å². The standard InChI is InChI=1S/C26H24BrClN2O3/c1-33-24(32)25-9-12-26(13-10-25,14-11-25)30-23(31)20-18-15-17(27)7-8-19(18)29-22(21(20)28)16-5-3-2-4-6-16/h2-8,15H,9-14H2,1H3,(H,30,31). The van der Waals surface area contributed by atoms with Gasteiger partial charge in [-0.15, -0.1) is 0 Å². The summed E-state index contributed by atoms with van der Waals surface area (Å²) in [6, 6.07) is 15.4. The van der Waals surface area contributed by atoms with Gasteiger partial charge in [-0.25, -0.2) is 4.98 Å². The number of carbonyl (C=O) groups excluding carboxylic acids is 2. The SMILES string of the molecule is COC(=O)C12CCC(NC(=O)c3c(Cl)c(-c4ccccc4)nc4ccc(Br)cc34)(CC1)CC2. The van der Waals surface area contributed by atoms with Gasteiger partial charge in [0.2, 0.25) is 0 Å². The second-order valence-corrected chi connectivity index (χ2v) is 10.5. The molecule has 3 aromatic rings. The summed E-state index contributed by atoms with van der Waals surface area (Å²) < 4.78 is 5.92. The molecule has 33 heavy (non-hydrogen) atoms. The van der Waals surface area contributed by atoms with E-state index in [1.807, 2.05) is 48.5 Å². The van der Waals surface area contributed by atoms with Crippen LogP contribution in [0, 0.1) is 5.41 Å². The maximum Gasteiger partial charge on any atom is 0.311 e. The Labute approximate surface area is 206 Å². The number of halogens is 2. The number of hydrogen-bond acceptors (Lipinski definition) is 4. The van der Waals surface area contributed by atoms with Gasteiger partial charge in [0.1, 0.15) is 0 Å². The summed E-state index contributed by atoms with van der Waals surface area (Å²) in [7, 11) is 1.45. The Morgan fingerprint density at radius 2 is 1.70 bits per heavy atom. The third kappa shape index (κ3) is 3.83. The number of ether oxygens (including phenoxy) is 1. The lowest BCUT2D eigenvalue weighted by Gasteiger charge is -2.52. The lowest BCUT2D eigenvalue weighted by Crippen LogP contribution is -2.58. The monoisotopic (exact) mass is 526 g/mol. The van der Waals surface area contributed by atoms with Gasteiger partial charge in [0.25, 0.3) is 5.91 Å². The zero-order valence-electron chi connectivity index (χ0n) is 18.3. The van der Waals surface area contributed by atoms with E-state index in [2.05, 4.69) is 21.2 Å². The molecule has 0 spiro atoms. The van der Waals surface area contributed by atoms with Crippen LogP contribution in [-0.4, -0.2) is 29.5 Å². The number of pyridine rings is 1. The van der Waals surface area contributed by atoms with Crippen molar-refractivity contribution in [2.75, 3.05) is 7.11 Å². The molecule has 3 aliphatic rings. The van der Waals surface area contributed by atoms with Crippen molar-refractivity contribution in [3.8, 4) is 11.3 Å². The van der Waals surface area contributed by atoms with E-state index in [9.17, 15) is 9.59 Å². The number of amides is 1. The van der Waals surface area contributed by atoms with E-state index in [1.165, 1.54) is 7.11 Å². The van der Waals surface area contributed by atoms with Crippen molar-refractivity contribution in [2.24, 2.45) is 5.41 Å². The second kappa shape index (κ2) is 8.41. The molecule has 1 aromatic heterocycles. The highest BCUT2D eigenvalue weighted by Gasteiger charge is 2.53. The van der Waals surface area contributed by atoms with Crippen LogP contribution in [0.15, 0.2) is 53.0 Å². The molecule has 0 atom stereocenters. The lowest BCUT2D eigenvalue weighted by molar-refractivity contribution is -0.160. The molecule has 1 N–H and O–H groups in total. The first-order valence-electron chi connectivity index (χ1n) is 11.1. The summed E-state index contributed by atoms with van der Waals surface area (Å²) in [6.45, 7) is 0. The van der Waals surface area contributed by atoms with Crippen LogP contribution in [-0.2, 0) is 9.53 Å². The van der Waals surface area contributed by atoms with Gasteiger partial charge >= 0.3 is 5.97 Å². The van der Waals surface area contributed by atoms with Crippen LogP contribution in [0.4, 0.5) is 0 Å². The molecule has 170 valence electrons. The van der Waals surface area contributed by atoms with Gasteiger partial charge in [-0.3, -0.25) is 9.59 Å². The topological polar surface area (TPSA) is 68.3 Å². The van der Waals surface area contributed by atoms with E-state index in [-0.39, 0.29) is 17.4 Å². The number of fused-ring (bicyclic) bond motifs is 4. The van der Waals surface area contributed by atoms with Crippen LogP contribution < -0.4 is 5.32 Å². The highest BCUT2D eigenvalue weighted by atomic mass is 79.9. The lowest BCUT2D eigenvalue weighted by atomic mass is 9.57. The molecular formula is C26H24BrClN2O3. The van der Waals surface area contributed by atoms with Crippen LogP contribution in [0.2, 0.25) is 5.02 Å². The molecule has 1 amide bonds. The van der Waals surface area contributed by atoms with Crippen molar-refractivity contribution in [1.29, 1.82) is 0 Å². The zero-order chi connectivity index (χ0) is 23.2. The number of carbonyl (C=O) groups is 2. The molecule has 7 heteroatoms. The molecule has 6 rings (SSSR count). The smallest absolute Gasteiger partial charge is 0.311 e. The van der Waals surface area contributed by atoms with Crippen LogP contribution in [0.1, 0.15) is 48.9 Å². The Morgan fingerprint density at radius 3 is 2.33 bits per heavy atom. The van der Waals surface area contributed by atoms with Crippen LogP contribution in [0.3, 0.4) is 0 Å². The fourth-order valence-corrected chi connectivity index (χ4v) is 6.12. The Balaban J connectivity index is 1.53. The largest absolute Gasteiger partial charge is 0.469 e. The average molecular weight is 528 g/mol. The number of methoxy groups -OCH3 is 1. The number of esters is 1. The quantitative estimate of drug-likeness (QED) is 0.404. The molecule has 0 aliphatic heterocycles. The first kappa shape index (κ1) is 22.4. The van der Waals surface area contributed by atoms with Crippen molar-refractivity contribution >= 4 is 50.3 Å². The van der Waals surface area contributed by atoms with Crippen LogP contribution in [0.5, 0.6) is 0 Å². The second-order valence-electron chi connectivity index (χ2n) is 9.18. The van der Waals surface area contributed by atoms with Crippen molar-refractivity contribution in [3.63, 3.8) is 0 Å². The third-order valence-corrected chi connectivity index (χ3v) is 8.27. The minimum atomic E-state index is -0.395. The van der Waals surface area contributed by atoms with Crippen molar-refractivity contribution in [1.82, 2.24) is 10.3 Å². The maximum atomic E-state index is 13.8. The summed E-state index contributed by atoms with van der Waals surface area (Å²) in [6.07, 6.45) is 4.44. The molecule has 3 aliphatic carbocycles. The maximum absolute atomic E-state index is 13.8. The first-order chi connectivity index (χ1) is 15.9. The van der Waals surface area contributed by atoms with E-state index < -0.39 is 5.41 Å². The summed E-state index contributed by atoms with van der Waals surface area (Å²) in [5.41, 5.74) is 1.87. The van der Waals surface area contributed by atoms with Gasteiger partial charge in [0, 0.05) is 21.0 Å². The molecular weight excluding hydrogens is 504 g/mol. The number of benzene rings is 2. The normalized spacial score (nSPS) is 24.0. The summed E-state index contributed by atoms with van der Waals surface area (Å²) in [5.74, 6) is -0.321. The van der Waals surface area contributed by atoms with Gasteiger partial charge in [-0.1, -0.05) is 57.9 Å². The van der Waals surface area contributed by atoms with E-state index in [0.717, 1.165) is 48.6 Å². The predicted octanol–water partition coefficient (Wildman–Crippen LogP) is 6.31. The molecule has 3 fully saturated rings. The molecule has 2 bridgehead atoms. The third-order valence-electron chi connectivity index (χ3n) is 7.41. The van der Waals surface area contributed by atoms with Gasteiger partial charge in [-0.05, 0) is 56.7 Å². The fourth-order valence-electron chi connectivity index (χ4n) is 5.42.